The van der Waals surface area contributed by atoms with E-state index in [4.69, 9.17) is 0 Å². The Balaban J connectivity index is 1.63. The first kappa shape index (κ1) is 16.4. The third-order valence-electron chi connectivity index (χ3n) is 6.91. The van der Waals surface area contributed by atoms with Gasteiger partial charge < -0.3 is 9.80 Å². The molecule has 3 nitrogen and oxygen atoms in total. The standard InChI is InChI=1S/C24H24N2O/c1-23(2)20-13-6-7-14-21(20)25-16-22(27)26(24(23,25)3)15-18-11-8-10-17-9-4-5-12-19(17)18/h4-14H,15-16H2,1-3H3. The quantitative estimate of drug-likeness (QED) is 0.665. The maximum atomic E-state index is 13.1. The Bertz CT molecular complexity index is 1070. The molecule has 0 N–H and O–H groups in total. The second kappa shape index (κ2) is 5.35. The molecule has 136 valence electrons. The van der Waals surface area contributed by atoms with E-state index in [2.05, 4.69) is 97.3 Å². The van der Waals surface area contributed by atoms with Crippen LogP contribution in [0.5, 0.6) is 0 Å². The molecular formula is C24H24N2O. The molecule has 1 fully saturated rings. The van der Waals surface area contributed by atoms with Crippen molar-refractivity contribution in [2.45, 2.75) is 38.4 Å². The molecule has 0 spiro atoms. The van der Waals surface area contributed by atoms with E-state index in [1.165, 1.54) is 27.6 Å². The fourth-order valence-electron chi connectivity index (χ4n) is 5.09. The molecule has 3 heteroatoms. The van der Waals surface area contributed by atoms with Crippen molar-refractivity contribution < 1.29 is 4.79 Å². The number of nitrogens with zero attached hydrogens (tertiary/aromatic N) is 2. The lowest BCUT2D eigenvalue weighted by Gasteiger charge is -2.46. The van der Waals surface area contributed by atoms with E-state index in [0.717, 1.165) is 0 Å². The van der Waals surface area contributed by atoms with Gasteiger partial charge in [-0.15, -0.1) is 0 Å². The lowest BCUT2D eigenvalue weighted by atomic mass is 9.76. The van der Waals surface area contributed by atoms with E-state index < -0.39 is 0 Å². The summed E-state index contributed by atoms with van der Waals surface area (Å²) in [5.41, 5.74) is 3.20. The molecule has 2 aliphatic rings. The Hall–Kier alpha value is -2.81. The molecule has 1 amide bonds. The third-order valence-corrected chi connectivity index (χ3v) is 6.91. The van der Waals surface area contributed by atoms with Crippen LogP contribution in [-0.4, -0.2) is 23.0 Å². The summed E-state index contributed by atoms with van der Waals surface area (Å²) >= 11 is 0. The molecule has 1 unspecified atom stereocenters. The van der Waals surface area contributed by atoms with Crippen LogP contribution in [0.2, 0.25) is 0 Å². The average molecular weight is 356 g/mol. The van der Waals surface area contributed by atoms with Gasteiger partial charge in [0.05, 0.1) is 6.54 Å². The van der Waals surface area contributed by atoms with Gasteiger partial charge in [0.25, 0.3) is 0 Å². The van der Waals surface area contributed by atoms with E-state index in [1.54, 1.807) is 0 Å². The van der Waals surface area contributed by atoms with Gasteiger partial charge in [0, 0.05) is 17.6 Å². The summed E-state index contributed by atoms with van der Waals surface area (Å²) in [6.45, 7) is 7.83. The molecule has 1 atom stereocenters. The molecule has 3 aromatic rings. The topological polar surface area (TPSA) is 23.6 Å². The average Bonchev–Trinajstić information content (AvgIpc) is 3.03. The number of hydrogen-bond donors (Lipinski definition) is 0. The van der Waals surface area contributed by atoms with Gasteiger partial charge in [-0.1, -0.05) is 74.5 Å². The molecule has 5 rings (SSSR count). The highest BCUT2D eigenvalue weighted by Gasteiger charge is 2.62. The Labute approximate surface area is 160 Å². The molecule has 0 radical (unpaired) electrons. The number of amides is 1. The molecule has 27 heavy (non-hydrogen) atoms. The van der Waals surface area contributed by atoms with Crippen LogP contribution in [0, 0.1) is 0 Å². The van der Waals surface area contributed by atoms with Crippen molar-refractivity contribution in [3.05, 3.63) is 77.9 Å². The number of fused-ring (bicyclic) bond motifs is 4. The molecule has 2 aliphatic heterocycles. The van der Waals surface area contributed by atoms with Crippen molar-refractivity contribution in [2.24, 2.45) is 0 Å². The highest BCUT2D eigenvalue weighted by Crippen LogP contribution is 2.55. The Morgan fingerprint density at radius 2 is 1.59 bits per heavy atom. The van der Waals surface area contributed by atoms with Crippen LogP contribution in [0.3, 0.4) is 0 Å². The van der Waals surface area contributed by atoms with Crippen molar-refractivity contribution in [3.63, 3.8) is 0 Å². The second-order valence-corrected chi connectivity index (χ2v) is 8.37. The van der Waals surface area contributed by atoms with Crippen molar-refractivity contribution in [1.29, 1.82) is 0 Å². The maximum absolute atomic E-state index is 13.1. The van der Waals surface area contributed by atoms with Crippen molar-refractivity contribution in [1.82, 2.24) is 4.90 Å². The first-order chi connectivity index (χ1) is 12.9. The van der Waals surface area contributed by atoms with Crippen molar-refractivity contribution >= 4 is 22.4 Å². The minimum Gasteiger partial charge on any atom is -0.338 e. The van der Waals surface area contributed by atoms with E-state index in [0.29, 0.717) is 13.1 Å². The van der Waals surface area contributed by atoms with E-state index in [1.807, 2.05) is 0 Å². The molecule has 2 heterocycles. The number of carbonyl (C=O) groups excluding carboxylic acids is 1. The minimum atomic E-state index is -0.370. The van der Waals surface area contributed by atoms with Gasteiger partial charge in [-0.05, 0) is 34.9 Å². The summed E-state index contributed by atoms with van der Waals surface area (Å²) in [7, 11) is 0. The minimum absolute atomic E-state index is 0.152. The van der Waals surface area contributed by atoms with Crippen LogP contribution in [-0.2, 0) is 16.8 Å². The van der Waals surface area contributed by atoms with Crippen molar-refractivity contribution in [2.75, 3.05) is 11.4 Å². The van der Waals surface area contributed by atoms with Crippen LogP contribution in [0.1, 0.15) is 31.9 Å². The normalized spacial score (nSPS) is 23.0. The summed E-state index contributed by atoms with van der Waals surface area (Å²) in [5, 5.41) is 2.45. The number of para-hydroxylation sites is 1. The first-order valence-electron chi connectivity index (χ1n) is 9.59. The van der Waals surface area contributed by atoms with Gasteiger partial charge >= 0.3 is 0 Å². The maximum Gasteiger partial charge on any atom is 0.244 e. The van der Waals surface area contributed by atoms with Crippen LogP contribution in [0.25, 0.3) is 10.8 Å². The number of hydrogen-bond acceptors (Lipinski definition) is 2. The molecular weight excluding hydrogens is 332 g/mol. The number of carbonyl (C=O) groups is 1. The van der Waals surface area contributed by atoms with Gasteiger partial charge in [0.1, 0.15) is 5.66 Å². The summed E-state index contributed by atoms with van der Waals surface area (Å²) in [5.74, 6) is 0.202. The molecule has 3 aromatic carbocycles. The number of rotatable bonds is 2. The highest BCUT2D eigenvalue weighted by atomic mass is 16.2. The largest absolute Gasteiger partial charge is 0.338 e. The predicted octanol–water partition coefficient (Wildman–Crippen LogP) is 4.70. The Morgan fingerprint density at radius 3 is 2.44 bits per heavy atom. The molecule has 1 saturated heterocycles. The highest BCUT2D eigenvalue weighted by molar-refractivity contribution is 5.91. The SMILES string of the molecule is CC1(C)c2ccccc2N2CC(=O)N(Cc3cccc4ccccc34)C21C. The van der Waals surface area contributed by atoms with Crippen molar-refractivity contribution in [3.8, 4) is 0 Å². The summed E-state index contributed by atoms with van der Waals surface area (Å²) in [6.07, 6.45) is 0. The van der Waals surface area contributed by atoms with Gasteiger partial charge in [-0.25, -0.2) is 0 Å². The van der Waals surface area contributed by atoms with E-state index in [9.17, 15) is 4.79 Å². The van der Waals surface area contributed by atoms with Gasteiger partial charge in [0.15, 0.2) is 0 Å². The zero-order valence-corrected chi connectivity index (χ0v) is 16.1. The first-order valence-corrected chi connectivity index (χ1v) is 9.59. The summed E-state index contributed by atoms with van der Waals surface area (Å²) in [6, 6.07) is 23.3. The van der Waals surface area contributed by atoms with Gasteiger partial charge in [-0.2, -0.15) is 0 Å². The smallest absolute Gasteiger partial charge is 0.244 e. The Morgan fingerprint density at radius 1 is 0.889 bits per heavy atom. The number of benzene rings is 3. The molecule has 0 bridgehead atoms. The monoisotopic (exact) mass is 356 g/mol. The van der Waals surface area contributed by atoms with Gasteiger partial charge in [-0.3, -0.25) is 4.79 Å². The van der Waals surface area contributed by atoms with Crippen LogP contribution in [0.15, 0.2) is 66.7 Å². The zero-order chi connectivity index (χ0) is 18.8. The van der Waals surface area contributed by atoms with Crippen LogP contribution in [0.4, 0.5) is 5.69 Å². The summed E-state index contributed by atoms with van der Waals surface area (Å²) in [4.78, 5) is 17.5. The second-order valence-electron chi connectivity index (χ2n) is 8.37. The fourth-order valence-corrected chi connectivity index (χ4v) is 5.09. The molecule has 0 aliphatic carbocycles. The Kier molecular flexibility index (Phi) is 3.24. The van der Waals surface area contributed by atoms with Crippen LogP contribution >= 0.6 is 0 Å². The fraction of sp³-hybridized carbons (Fsp3) is 0.292. The lowest BCUT2D eigenvalue weighted by molar-refractivity contribution is -0.132. The number of anilines is 1. The lowest BCUT2D eigenvalue weighted by Crippen LogP contribution is -2.59. The van der Waals surface area contributed by atoms with Crippen LogP contribution < -0.4 is 4.90 Å². The molecule has 0 saturated carbocycles. The zero-order valence-electron chi connectivity index (χ0n) is 16.1. The van der Waals surface area contributed by atoms with E-state index >= 15 is 0 Å². The molecule has 0 aromatic heterocycles. The summed E-state index contributed by atoms with van der Waals surface area (Å²) < 4.78 is 0. The third kappa shape index (κ3) is 2.00. The van der Waals surface area contributed by atoms with E-state index in [-0.39, 0.29) is 17.0 Å². The van der Waals surface area contributed by atoms with Gasteiger partial charge in [0.2, 0.25) is 5.91 Å². The predicted molar refractivity (Wildman–Crippen MR) is 110 cm³/mol.